The summed E-state index contributed by atoms with van der Waals surface area (Å²) in [6.45, 7) is 5.87. The van der Waals surface area contributed by atoms with Crippen molar-refractivity contribution >= 4 is 0 Å². The minimum absolute atomic E-state index is 0.0883. The maximum absolute atomic E-state index is 5.96. The van der Waals surface area contributed by atoms with Crippen LogP contribution in [-0.2, 0) is 7.05 Å². The zero-order valence-electron chi connectivity index (χ0n) is 8.33. The summed E-state index contributed by atoms with van der Waals surface area (Å²) in [6.07, 6.45) is 5.71. The first-order valence-corrected chi connectivity index (χ1v) is 4.48. The molecule has 0 aliphatic rings. The molecule has 1 rings (SSSR count). The Hall–Kier alpha value is -1.09. The average molecular weight is 179 g/mol. The van der Waals surface area contributed by atoms with Gasteiger partial charge in [0.05, 0.1) is 6.20 Å². The molecule has 0 aliphatic carbocycles. The molecule has 3 nitrogen and oxygen atoms in total. The third kappa shape index (κ3) is 3.03. The van der Waals surface area contributed by atoms with Gasteiger partial charge < -0.3 is 5.73 Å². The predicted molar refractivity (Wildman–Crippen MR) is 54.2 cm³/mol. The molecule has 0 saturated heterocycles. The van der Waals surface area contributed by atoms with Gasteiger partial charge in [-0.05, 0) is 19.8 Å². The molecule has 0 bridgehead atoms. The lowest BCUT2D eigenvalue weighted by Crippen LogP contribution is -2.09. The summed E-state index contributed by atoms with van der Waals surface area (Å²) < 4.78 is 1.77. The van der Waals surface area contributed by atoms with Crippen molar-refractivity contribution in [3.63, 3.8) is 0 Å². The minimum Gasteiger partial charge on any atom is -0.324 e. The molecule has 1 heterocycles. The Morgan fingerprint density at radius 3 is 2.92 bits per heavy atom. The molecule has 1 atom stereocenters. The summed E-state index contributed by atoms with van der Waals surface area (Å²) in [6, 6.07) is 0.0883. The van der Waals surface area contributed by atoms with E-state index in [1.807, 2.05) is 26.4 Å². The molecule has 13 heavy (non-hydrogen) atoms. The SMILES string of the molecule is C=C(C)CCC(N)c1cnn(C)c1. The topological polar surface area (TPSA) is 43.8 Å². The first-order chi connectivity index (χ1) is 6.09. The lowest BCUT2D eigenvalue weighted by Gasteiger charge is -2.08. The van der Waals surface area contributed by atoms with Crippen molar-refractivity contribution in [1.82, 2.24) is 9.78 Å². The highest BCUT2D eigenvalue weighted by Crippen LogP contribution is 2.16. The Balaban J connectivity index is 2.48. The minimum atomic E-state index is 0.0883. The Labute approximate surface area is 79.2 Å². The van der Waals surface area contributed by atoms with Gasteiger partial charge in [-0.15, -0.1) is 6.58 Å². The Bertz CT molecular complexity index is 288. The van der Waals surface area contributed by atoms with E-state index in [9.17, 15) is 0 Å². The third-order valence-electron chi connectivity index (χ3n) is 2.04. The second-order valence-corrected chi connectivity index (χ2v) is 3.55. The number of aryl methyl sites for hydroxylation is 1. The van der Waals surface area contributed by atoms with Gasteiger partial charge in [0.15, 0.2) is 0 Å². The highest BCUT2D eigenvalue weighted by atomic mass is 15.2. The molecular formula is C10H17N3. The average Bonchev–Trinajstić information content (AvgIpc) is 2.47. The highest BCUT2D eigenvalue weighted by molar-refractivity contribution is 5.09. The van der Waals surface area contributed by atoms with E-state index in [4.69, 9.17) is 5.73 Å². The van der Waals surface area contributed by atoms with E-state index in [0.717, 1.165) is 18.4 Å². The lowest BCUT2D eigenvalue weighted by molar-refractivity contribution is 0.648. The number of rotatable bonds is 4. The van der Waals surface area contributed by atoms with Gasteiger partial charge in [0.2, 0.25) is 0 Å². The van der Waals surface area contributed by atoms with Crippen LogP contribution in [0.5, 0.6) is 0 Å². The van der Waals surface area contributed by atoms with Crippen molar-refractivity contribution in [1.29, 1.82) is 0 Å². The van der Waals surface area contributed by atoms with Crippen LogP contribution in [0, 0.1) is 0 Å². The monoisotopic (exact) mass is 179 g/mol. The predicted octanol–water partition coefficient (Wildman–Crippen LogP) is 1.78. The van der Waals surface area contributed by atoms with Crippen molar-refractivity contribution in [2.45, 2.75) is 25.8 Å². The van der Waals surface area contributed by atoms with Crippen molar-refractivity contribution in [2.24, 2.45) is 12.8 Å². The van der Waals surface area contributed by atoms with Crippen molar-refractivity contribution in [2.75, 3.05) is 0 Å². The van der Waals surface area contributed by atoms with Crippen molar-refractivity contribution in [3.8, 4) is 0 Å². The molecule has 1 aromatic rings. The second-order valence-electron chi connectivity index (χ2n) is 3.55. The molecule has 2 N–H and O–H groups in total. The van der Waals surface area contributed by atoms with Gasteiger partial charge in [0.25, 0.3) is 0 Å². The zero-order valence-corrected chi connectivity index (χ0v) is 8.33. The largest absolute Gasteiger partial charge is 0.324 e. The highest BCUT2D eigenvalue weighted by Gasteiger charge is 2.07. The summed E-state index contributed by atoms with van der Waals surface area (Å²) >= 11 is 0. The maximum Gasteiger partial charge on any atom is 0.0537 e. The molecule has 0 amide bonds. The molecule has 72 valence electrons. The molecule has 1 unspecified atom stereocenters. The fourth-order valence-corrected chi connectivity index (χ4v) is 1.20. The van der Waals surface area contributed by atoms with Crippen LogP contribution >= 0.6 is 0 Å². The van der Waals surface area contributed by atoms with Crippen LogP contribution in [0.4, 0.5) is 0 Å². The molecule has 0 saturated carbocycles. The molecule has 1 aromatic heterocycles. The number of nitrogens with two attached hydrogens (primary N) is 1. The Morgan fingerprint density at radius 2 is 2.46 bits per heavy atom. The number of allylic oxidation sites excluding steroid dienone is 1. The summed E-state index contributed by atoms with van der Waals surface area (Å²) in [4.78, 5) is 0. The summed E-state index contributed by atoms with van der Waals surface area (Å²) in [7, 11) is 1.90. The molecule has 0 aliphatic heterocycles. The van der Waals surface area contributed by atoms with Crippen LogP contribution in [0.25, 0.3) is 0 Å². The van der Waals surface area contributed by atoms with E-state index in [-0.39, 0.29) is 6.04 Å². The van der Waals surface area contributed by atoms with E-state index < -0.39 is 0 Å². The number of hydrogen-bond acceptors (Lipinski definition) is 2. The van der Waals surface area contributed by atoms with Gasteiger partial charge in [0.1, 0.15) is 0 Å². The first kappa shape index (κ1) is 9.99. The number of hydrogen-bond donors (Lipinski definition) is 1. The van der Waals surface area contributed by atoms with E-state index >= 15 is 0 Å². The third-order valence-corrected chi connectivity index (χ3v) is 2.04. The van der Waals surface area contributed by atoms with Crippen LogP contribution < -0.4 is 5.73 Å². The molecule has 3 heteroatoms. The fourth-order valence-electron chi connectivity index (χ4n) is 1.20. The molecule has 0 aromatic carbocycles. The molecule has 0 fully saturated rings. The van der Waals surface area contributed by atoms with Crippen LogP contribution in [0.1, 0.15) is 31.4 Å². The summed E-state index contributed by atoms with van der Waals surface area (Å²) in [5, 5.41) is 4.08. The fraction of sp³-hybridized carbons (Fsp3) is 0.500. The van der Waals surface area contributed by atoms with Gasteiger partial charge in [-0.25, -0.2) is 0 Å². The van der Waals surface area contributed by atoms with E-state index in [1.54, 1.807) is 4.68 Å². The van der Waals surface area contributed by atoms with Crippen LogP contribution in [-0.4, -0.2) is 9.78 Å². The number of nitrogens with zero attached hydrogens (tertiary/aromatic N) is 2. The maximum atomic E-state index is 5.96. The van der Waals surface area contributed by atoms with Gasteiger partial charge in [0, 0.05) is 24.8 Å². The zero-order chi connectivity index (χ0) is 9.84. The Kier molecular flexibility index (Phi) is 3.25. The summed E-state index contributed by atoms with van der Waals surface area (Å²) in [5.41, 5.74) is 8.24. The standard InChI is InChI=1S/C10H17N3/c1-8(2)4-5-10(11)9-6-12-13(3)7-9/h6-7,10H,1,4-5,11H2,2-3H3. The van der Waals surface area contributed by atoms with E-state index in [0.29, 0.717) is 0 Å². The lowest BCUT2D eigenvalue weighted by atomic mass is 10.0. The molecule has 0 radical (unpaired) electrons. The number of aromatic nitrogens is 2. The first-order valence-electron chi connectivity index (χ1n) is 4.48. The van der Waals surface area contributed by atoms with Gasteiger partial charge >= 0.3 is 0 Å². The Morgan fingerprint density at radius 1 is 1.77 bits per heavy atom. The quantitative estimate of drug-likeness (QED) is 0.716. The normalized spacial score (nSPS) is 12.8. The van der Waals surface area contributed by atoms with Crippen molar-refractivity contribution in [3.05, 3.63) is 30.1 Å². The molecule has 0 spiro atoms. The van der Waals surface area contributed by atoms with E-state index in [2.05, 4.69) is 11.7 Å². The van der Waals surface area contributed by atoms with E-state index in [1.165, 1.54) is 5.57 Å². The van der Waals surface area contributed by atoms with Gasteiger partial charge in [-0.2, -0.15) is 5.10 Å². The second kappa shape index (κ2) is 4.23. The summed E-state index contributed by atoms with van der Waals surface area (Å²) in [5.74, 6) is 0. The van der Waals surface area contributed by atoms with Crippen LogP contribution in [0.3, 0.4) is 0 Å². The molecular weight excluding hydrogens is 162 g/mol. The van der Waals surface area contributed by atoms with Crippen molar-refractivity contribution < 1.29 is 0 Å². The van der Waals surface area contributed by atoms with Gasteiger partial charge in [-0.1, -0.05) is 5.57 Å². The van der Waals surface area contributed by atoms with Crippen LogP contribution in [0.15, 0.2) is 24.5 Å². The van der Waals surface area contributed by atoms with Gasteiger partial charge in [-0.3, -0.25) is 4.68 Å². The van der Waals surface area contributed by atoms with Crippen LogP contribution in [0.2, 0.25) is 0 Å². The smallest absolute Gasteiger partial charge is 0.0537 e.